The molecule has 0 aliphatic carbocycles. The molecule has 0 fully saturated rings. The summed E-state index contributed by atoms with van der Waals surface area (Å²) in [6.45, 7) is 8.68. The lowest BCUT2D eigenvalue weighted by Crippen LogP contribution is -2.40. The number of likely N-dealkylation sites (N-methyl/N-ethyl adjacent to an activating group) is 1. The largest absolute Gasteiger partial charge is 0.379 e. The molecule has 0 aromatic carbocycles. The van der Waals surface area contributed by atoms with Crippen molar-refractivity contribution < 1.29 is 4.74 Å². The van der Waals surface area contributed by atoms with E-state index in [1.165, 1.54) is 11.1 Å². The third-order valence-corrected chi connectivity index (χ3v) is 3.14. The molecule has 1 N–H and O–H groups in total. The molecule has 1 aromatic heterocycles. The Labute approximate surface area is 105 Å². The molecule has 2 atom stereocenters. The zero-order valence-electron chi connectivity index (χ0n) is 11.7. The molecular formula is C14H24N2O. The van der Waals surface area contributed by atoms with Gasteiger partial charge in [-0.1, -0.05) is 20.8 Å². The Morgan fingerprint density at radius 2 is 2.00 bits per heavy atom. The van der Waals surface area contributed by atoms with Gasteiger partial charge in [0.15, 0.2) is 0 Å². The first-order valence-corrected chi connectivity index (χ1v) is 6.02. The second-order valence-corrected chi connectivity index (χ2v) is 5.52. The summed E-state index contributed by atoms with van der Waals surface area (Å²) in [6.07, 6.45) is 3.86. The van der Waals surface area contributed by atoms with Crippen molar-refractivity contribution in [2.45, 2.75) is 39.8 Å². The van der Waals surface area contributed by atoms with Crippen LogP contribution in [0, 0.1) is 12.3 Å². The first kappa shape index (κ1) is 14.1. The van der Waals surface area contributed by atoms with Gasteiger partial charge in [-0.2, -0.15) is 0 Å². The molecule has 96 valence electrons. The van der Waals surface area contributed by atoms with Gasteiger partial charge in [-0.25, -0.2) is 0 Å². The number of nitrogens with one attached hydrogen (secondary N) is 1. The van der Waals surface area contributed by atoms with E-state index in [2.05, 4.69) is 38.0 Å². The Hall–Kier alpha value is -0.930. The summed E-state index contributed by atoms with van der Waals surface area (Å²) in [5.74, 6) is 0. The highest BCUT2D eigenvalue weighted by Gasteiger charge is 2.33. The van der Waals surface area contributed by atoms with Crippen LogP contribution in [0.5, 0.6) is 0 Å². The van der Waals surface area contributed by atoms with Crippen molar-refractivity contribution in [1.82, 2.24) is 10.3 Å². The number of nitrogens with zero attached hydrogens (tertiary/aromatic N) is 1. The fourth-order valence-electron chi connectivity index (χ4n) is 2.26. The average molecular weight is 236 g/mol. The first-order valence-electron chi connectivity index (χ1n) is 6.02. The number of hydrogen-bond acceptors (Lipinski definition) is 3. The summed E-state index contributed by atoms with van der Waals surface area (Å²) in [5.41, 5.74) is 2.52. The molecule has 0 bridgehead atoms. The van der Waals surface area contributed by atoms with Crippen LogP contribution < -0.4 is 5.32 Å². The summed E-state index contributed by atoms with van der Waals surface area (Å²) in [6, 6.07) is 2.20. The van der Waals surface area contributed by atoms with Crippen molar-refractivity contribution in [3.05, 3.63) is 29.6 Å². The monoisotopic (exact) mass is 236 g/mol. The maximum Gasteiger partial charge on any atom is 0.0814 e. The van der Waals surface area contributed by atoms with E-state index in [0.29, 0.717) is 0 Å². The van der Waals surface area contributed by atoms with Gasteiger partial charge in [0.1, 0.15) is 0 Å². The fraction of sp³-hybridized carbons (Fsp3) is 0.643. The molecule has 0 saturated heterocycles. The van der Waals surface area contributed by atoms with Crippen LogP contribution in [0.2, 0.25) is 0 Å². The van der Waals surface area contributed by atoms with Gasteiger partial charge in [-0.15, -0.1) is 0 Å². The van der Waals surface area contributed by atoms with E-state index < -0.39 is 0 Å². The van der Waals surface area contributed by atoms with Crippen molar-refractivity contribution in [3.63, 3.8) is 0 Å². The molecule has 2 unspecified atom stereocenters. The molecule has 3 heteroatoms. The van der Waals surface area contributed by atoms with E-state index >= 15 is 0 Å². The van der Waals surface area contributed by atoms with Gasteiger partial charge >= 0.3 is 0 Å². The van der Waals surface area contributed by atoms with Gasteiger partial charge < -0.3 is 10.1 Å². The third-order valence-electron chi connectivity index (χ3n) is 3.14. The molecule has 1 aromatic rings. The highest BCUT2D eigenvalue weighted by atomic mass is 16.5. The Balaban J connectivity index is 3.10. The van der Waals surface area contributed by atoms with Crippen molar-refractivity contribution in [2.75, 3.05) is 14.2 Å². The number of aryl methyl sites for hydroxylation is 1. The number of rotatable bonds is 4. The van der Waals surface area contributed by atoms with E-state index in [-0.39, 0.29) is 17.6 Å². The number of hydrogen-bond donors (Lipinski definition) is 1. The zero-order valence-corrected chi connectivity index (χ0v) is 11.7. The van der Waals surface area contributed by atoms with Crippen LogP contribution >= 0.6 is 0 Å². The minimum atomic E-state index is 0.0741. The van der Waals surface area contributed by atoms with Gasteiger partial charge in [-0.05, 0) is 36.6 Å². The van der Waals surface area contributed by atoms with Gasteiger partial charge in [0.2, 0.25) is 0 Å². The summed E-state index contributed by atoms with van der Waals surface area (Å²) < 4.78 is 5.69. The smallest absolute Gasteiger partial charge is 0.0814 e. The molecule has 0 amide bonds. The van der Waals surface area contributed by atoms with Crippen LogP contribution in [-0.4, -0.2) is 25.2 Å². The Bertz CT molecular complexity index is 357. The van der Waals surface area contributed by atoms with E-state index in [0.717, 1.165) is 0 Å². The summed E-state index contributed by atoms with van der Waals surface area (Å²) >= 11 is 0. The Kier molecular flexibility index (Phi) is 4.66. The van der Waals surface area contributed by atoms with Gasteiger partial charge in [0, 0.05) is 19.5 Å². The molecule has 0 radical (unpaired) electrons. The number of methoxy groups -OCH3 is 1. The molecule has 0 aliphatic rings. The standard InChI is InChI=1S/C14H24N2O/c1-10-7-8-16-9-11(10)12(15-5)13(17-6)14(2,3)4/h7-9,12-13,15H,1-6H3. The average Bonchev–Trinajstić information content (AvgIpc) is 2.25. The molecule has 3 nitrogen and oxygen atoms in total. The van der Waals surface area contributed by atoms with Crippen molar-refractivity contribution in [3.8, 4) is 0 Å². The Morgan fingerprint density at radius 3 is 2.41 bits per heavy atom. The maximum atomic E-state index is 5.69. The minimum Gasteiger partial charge on any atom is -0.379 e. The predicted octanol–water partition coefficient (Wildman–Crippen LogP) is 2.71. The van der Waals surface area contributed by atoms with Gasteiger partial charge in [0.25, 0.3) is 0 Å². The molecule has 1 heterocycles. The second kappa shape index (κ2) is 5.61. The molecule has 0 spiro atoms. The van der Waals surface area contributed by atoms with Crippen LogP contribution in [0.3, 0.4) is 0 Å². The van der Waals surface area contributed by atoms with E-state index in [4.69, 9.17) is 4.74 Å². The van der Waals surface area contributed by atoms with Gasteiger partial charge in [-0.3, -0.25) is 4.98 Å². The second-order valence-electron chi connectivity index (χ2n) is 5.52. The lowest BCUT2D eigenvalue weighted by atomic mass is 9.81. The van der Waals surface area contributed by atoms with E-state index in [9.17, 15) is 0 Å². The van der Waals surface area contributed by atoms with Crippen molar-refractivity contribution >= 4 is 0 Å². The normalized spacial score (nSPS) is 15.6. The van der Waals surface area contributed by atoms with E-state index in [1.54, 1.807) is 7.11 Å². The predicted molar refractivity (Wildman–Crippen MR) is 71.0 cm³/mol. The van der Waals surface area contributed by atoms with Crippen LogP contribution in [0.4, 0.5) is 0 Å². The minimum absolute atomic E-state index is 0.0741. The van der Waals surface area contributed by atoms with Crippen LogP contribution in [-0.2, 0) is 4.74 Å². The van der Waals surface area contributed by atoms with Crippen molar-refractivity contribution in [2.24, 2.45) is 5.41 Å². The number of ether oxygens (including phenoxy) is 1. The highest BCUT2D eigenvalue weighted by molar-refractivity contribution is 5.26. The molecule has 17 heavy (non-hydrogen) atoms. The van der Waals surface area contributed by atoms with Gasteiger partial charge in [0.05, 0.1) is 12.1 Å². The quantitative estimate of drug-likeness (QED) is 0.872. The van der Waals surface area contributed by atoms with Crippen LogP contribution in [0.1, 0.15) is 37.9 Å². The topological polar surface area (TPSA) is 34.2 Å². The number of aromatic nitrogens is 1. The van der Waals surface area contributed by atoms with Crippen LogP contribution in [0.25, 0.3) is 0 Å². The lowest BCUT2D eigenvalue weighted by molar-refractivity contribution is -0.0104. The maximum absolute atomic E-state index is 5.69. The molecule has 0 saturated carbocycles. The molecule has 1 rings (SSSR count). The number of pyridine rings is 1. The van der Waals surface area contributed by atoms with E-state index in [1.807, 2.05) is 25.5 Å². The summed E-state index contributed by atoms with van der Waals surface area (Å²) in [7, 11) is 3.74. The molecule has 0 aliphatic heterocycles. The Morgan fingerprint density at radius 1 is 1.35 bits per heavy atom. The van der Waals surface area contributed by atoms with Crippen LogP contribution in [0.15, 0.2) is 18.5 Å². The lowest BCUT2D eigenvalue weighted by Gasteiger charge is -2.36. The highest BCUT2D eigenvalue weighted by Crippen LogP contribution is 2.33. The third kappa shape index (κ3) is 3.27. The first-order chi connectivity index (χ1) is 7.91. The SMILES string of the molecule is CNC(c1cnccc1C)C(OC)C(C)(C)C. The summed E-state index contributed by atoms with van der Waals surface area (Å²) in [5, 5.41) is 3.35. The zero-order chi connectivity index (χ0) is 13.1. The fourth-order valence-corrected chi connectivity index (χ4v) is 2.26. The molecular weight excluding hydrogens is 212 g/mol. The van der Waals surface area contributed by atoms with Crippen molar-refractivity contribution in [1.29, 1.82) is 0 Å². The summed E-state index contributed by atoms with van der Waals surface area (Å²) in [4.78, 5) is 4.22.